The number of hydrogen-bond donors (Lipinski definition) is 2. The second-order valence-corrected chi connectivity index (χ2v) is 18.0. The Labute approximate surface area is 268 Å². The third-order valence-corrected chi connectivity index (χ3v) is 15.3. The van der Waals surface area contributed by atoms with Crippen molar-refractivity contribution in [2.24, 2.45) is 45.3 Å². The lowest BCUT2D eigenvalue weighted by Crippen LogP contribution is -2.56. The smallest absolute Gasteiger partial charge is 0.303 e. The Morgan fingerprint density at radius 2 is 1.80 bits per heavy atom. The fourth-order valence-corrected chi connectivity index (χ4v) is 13.2. The molecule has 5 aliphatic carbocycles. The second kappa shape index (κ2) is 10.8. The number of ether oxygens (including phenoxy) is 4. The lowest BCUT2D eigenvalue weighted by Gasteiger charge is -2.60. The molecule has 5 saturated carbocycles. The summed E-state index contributed by atoms with van der Waals surface area (Å²) in [6.07, 6.45) is 10.3. The number of rotatable bonds is 6. The Bertz CT molecular complexity index is 1130. The molecule has 2 saturated heterocycles. The number of carbonyl (C=O) groups excluding carboxylic acids is 1. The first-order chi connectivity index (χ1) is 20.7. The molecule has 9 unspecified atom stereocenters. The number of morpholine rings is 1. The fraction of sp³-hybridized carbons (Fsp3) is 0.971. The molecule has 2 heterocycles. The molecule has 2 aliphatic heterocycles. The van der Waals surface area contributed by atoms with E-state index in [4.69, 9.17) is 18.9 Å². The van der Waals surface area contributed by atoms with Gasteiger partial charge in [-0.25, -0.2) is 4.31 Å². The summed E-state index contributed by atoms with van der Waals surface area (Å²) in [6.45, 7) is 14.6. The minimum Gasteiger partial charge on any atom is -0.457 e. The monoisotopic (exact) mass is 635 g/mol. The number of esters is 1. The van der Waals surface area contributed by atoms with Crippen LogP contribution in [0.3, 0.4) is 0 Å². The highest BCUT2D eigenvalue weighted by molar-refractivity contribution is 7.96. The summed E-state index contributed by atoms with van der Waals surface area (Å²) in [6, 6.07) is 0. The number of carbonyl (C=O) groups is 1. The Kier molecular flexibility index (Phi) is 7.89. The van der Waals surface area contributed by atoms with Gasteiger partial charge in [-0.2, -0.15) is 0 Å². The van der Waals surface area contributed by atoms with E-state index < -0.39 is 29.9 Å². The Morgan fingerprint density at radius 3 is 2.50 bits per heavy atom. The Balaban J connectivity index is 1.09. The van der Waals surface area contributed by atoms with E-state index in [2.05, 4.69) is 31.3 Å². The minimum atomic E-state index is -1.22. The molecule has 44 heavy (non-hydrogen) atoms. The summed E-state index contributed by atoms with van der Waals surface area (Å²) in [5.74, 6) is 1.26. The van der Waals surface area contributed by atoms with E-state index in [0.717, 1.165) is 45.4 Å². The first kappa shape index (κ1) is 32.1. The molecule has 0 aromatic heterocycles. The van der Waals surface area contributed by atoms with Gasteiger partial charge in [0.05, 0.1) is 43.2 Å². The first-order valence-corrected chi connectivity index (χ1v) is 18.7. The lowest BCUT2D eigenvalue weighted by atomic mass is 9.46. The van der Waals surface area contributed by atoms with Crippen LogP contribution in [-0.2, 0) is 23.7 Å². The first-order valence-electron chi connectivity index (χ1n) is 17.5. The molecule has 2 spiro atoms. The maximum Gasteiger partial charge on any atom is 0.303 e. The molecule has 7 aliphatic rings. The standard InChI is InChI=1S/C35H57NO7S/c1-20(37)41-30(32(4,5)39)23-10-8-22-29(42-23)28(38)27-21-9-11-24-31(2,3)25(43-26-18-36(44-7)16-17-40-26)12-13-35(24)19-34(21,35)15-14-33(22,27)6/h21-30,38-39H,8-19H2,1-7H3/t21?,22-,23+,24?,25?,26?,27?,28+,29?,30-,33?,34?,35?/m0/s1. The molecule has 0 bridgehead atoms. The maximum atomic E-state index is 12.2. The van der Waals surface area contributed by atoms with Crippen LogP contribution in [0.5, 0.6) is 0 Å². The summed E-state index contributed by atoms with van der Waals surface area (Å²) >= 11 is 1.78. The average Bonchev–Trinajstić information content (AvgIpc) is 3.58. The highest BCUT2D eigenvalue weighted by Crippen LogP contribution is 2.87. The summed E-state index contributed by atoms with van der Waals surface area (Å²) in [7, 11) is 0. The molecular weight excluding hydrogens is 578 g/mol. The maximum absolute atomic E-state index is 12.2. The third-order valence-electron chi connectivity index (χ3n) is 14.5. The molecule has 7 rings (SSSR count). The molecule has 0 radical (unpaired) electrons. The van der Waals surface area contributed by atoms with Crippen molar-refractivity contribution in [3.05, 3.63) is 0 Å². The van der Waals surface area contributed by atoms with Crippen LogP contribution in [0.15, 0.2) is 0 Å². The van der Waals surface area contributed by atoms with Crippen LogP contribution >= 0.6 is 11.9 Å². The van der Waals surface area contributed by atoms with E-state index >= 15 is 0 Å². The van der Waals surface area contributed by atoms with Gasteiger partial charge in [0, 0.05) is 13.5 Å². The zero-order valence-corrected chi connectivity index (χ0v) is 28.9. The van der Waals surface area contributed by atoms with Crippen molar-refractivity contribution in [3.8, 4) is 0 Å². The molecule has 9 heteroatoms. The molecule has 8 nitrogen and oxygen atoms in total. The van der Waals surface area contributed by atoms with Gasteiger partial charge in [-0.1, -0.05) is 32.7 Å². The van der Waals surface area contributed by atoms with E-state index in [1.807, 2.05) is 0 Å². The van der Waals surface area contributed by atoms with Crippen molar-refractivity contribution in [3.63, 3.8) is 0 Å². The minimum absolute atomic E-state index is 0.0462. The highest BCUT2D eigenvalue weighted by atomic mass is 32.2. The van der Waals surface area contributed by atoms with Crippen LogP contribution in [0.2, 0.25) is 0 Å². The molecule has 0 amide bonds. The predicted molar refractivity (Wildman–Crippen MR) is 168 cm³/mol. The van der Waals surface area contributed by atoms with Crippen LogP contribution < -0.4 is 0 Å². The van der Waals surface area contributed by atoms with Gasteiger partial charge in [-0.3, -0.25) is 4.79 Å². The zero-order chi connectivity index (χ0) is 31.4. The summed E-state index contributed by atoms with van der Waals surface area (Å²) < 4.78 is 27.6. The van der Waals surface area contributed by atoms with Crippen molar-refractivity contribution in [1.82, 2.24) is 4.31 Å². The molecular formula is C35H57NO7S. The molecule has 250 valence electrons. The molecule has 13 atom stereocenters. The van der Waals surface area contributed by atoms with Gasteiger partial charge in [-0.15, -0.1) is 0 Å². The molecule has 7 fully saturated rings. The molecule has 0 aromatic carbocycles. The molecule has 2 N–H and O–H groups in total. The van der Waals surface area contributed by atoms with E-state index in [0.29, 0.717) is 28.6 Å². The van der Waals surface area contributed by atoms with Crippen LogP contribution in [-0.4, -0.2) is 88.9 Å². The van der Waals surface area contributed by atoms with E-state index in [1.165, 1.54) is 39.0 Å². The van der Waals surface area contributed by atoms with E-state index in [1.54, 1.807) is 25.8 Å². The van der Waals surface area contributed by atoms with Crippen LogP contribution in [0.1, 0.15) is 99.3 Å². The summed E-state index contributed by atoms with van der Waals surface area (Å²) in [5.41, 5.74) is -0.415. The summed E-state index contributed by atoms with van der Waals surface area (Å²) in [4.78, 5) is 11.9. The van der Waals surface area contributed by atoms with Crippen molar-refractivity contribution >= 4 is 17.9 Å². The van der Waals surface area contributed by atoms with E-state index in [9.17, 15) is 15.0 Å². The van der Waals surface area contributed by atoms with Gasteiger partial charge in [0.1, 0.15) is 0 Å². The number of aliphatic hydroxyl groups is 2. The largest absolute Gasteiger partial charge is 0.457 e. The molecule has 0 aromatic rings. The highest BCUT2D eigenvalue weighted by Gasteiger charge is 2.81. The lowest BCUT2D eigenvalue weighted by molar-refractivity contribution is -0.239. The van der Waals surface area contributed by atoms with Crippen molar-refractivity contribution < 1.29 is 34.0 Å². The Hall–Kier alpha value is -0.420. The number of aliphatic hydroxyl groups excluding tert-OH is 1. The topological polar surface area (TPSA) is 97.7 Å². The van der Waals surface area contributed by atoms with Crippen molar-refractivity contribution in [1.29, 1.82) is 0 Å². The van der Waals surface area contributed by atoms with Gasteiger partial charge in [-0.05, 0) is 123 Å². The normalized spacial score (nSPS) is 50.3. The van der Waals surface area contributed by atoms with Gasteiger partial charge < -0.3 is 29.2 Å². The Morgan fingerprint density at radius 1 is 1.05 bits per heavy atom. The van der Waals surface area contributed by atoms with Crippen molar-refractivity contribution in [2.75, 3.05) is 26.0 Å². The van der Waals surface area contributed by atoms with Crippen molar-refractivity contribution in [2.45, 2.75) is 142 Å². The van der Waals surface area contributed by atoms with Gasteiger partial charge in [0.2, 0.25) is 0 Å². The third kappa shape index (κ3) is 4.63. The van der Waals surface area contributed by atoms with Crippen LogP contribution in [0.25, 0.3) is 0 Å². The fourth-order valence-electron chi connectivity index (χ4n) is 12.6. The van der Waals surface area contributed by atoms with Crippen LogP contribution in [0.4, 0.5) is 0 Å². The van der Waals surface area contributed by atoms with Gasteiger partial charge >= 0.3 is 5.97 Å². The number of fused-ring (bicyclic) bond motifs is 4. The predicted octanol–water partition coefficient (Wildman–Crippen LogP) is 5.19. The number of nitrogens with zero attached hydrogens (tertiary/aromatic N) is 1. The van der Waals surface area contributed by atoms with Gasteiger partial charge in [0.25, 0.3) is 0 Å². The van der Waals surface area contributed by atoms with Crippen LogP contribution in [0, 0.1) is 45.3 Å². The average molecular weight is 636 g/mol. The quantitative estimate of drug-likeness (QED) is 0.302. The van der Waals surface area contributed by atoms with Gasteiger partial charge in [0.15, 0.2) is 12.4 Å². The zero-order valence-electron chi connectivity index (χ0n) is 28.0. The summed E-state index contributed by atoms with van der Waals surface area (Å²) in [5, 5.41) is 23.1. The van der Waals surface area contributed by atoms with E-state index in [-0.39, 0.29) is 35.2 Å². The number of hydrogen-bond acceptors (Lipinski definition) is 9. The SMILES string of the molecule is CSN1CCOC(OC2CCC34CC35CCC3(C)C(C5CCC4C2(C)C)[C@@H](O)C2O[C@@H]([C@H](OC(C)=O)C(C)(C)O)CC[C@@H]23)C1. The second-order valence-electron chi connectivity index (χ2n) is 17.1.